The SMILES string of the molecule is NCc1c(C(F)F)ncc(N)c1[N+](=O)[O-]. The van der Waals surface area contributed by atoms with Gasteiger partial charge in [-0.3, -0.25) is 15.1 Å². The molecule has 0 aliphatic heterocycles. The van der Waals surface area contributed by atoms with E-state index in [4.69, 9.17) is 11.5 Å². The summed E-state index contributed by atoms with van der Waals surface area (Å²) >= 11 is 0. The number of hydrogen-bond donors (Lipinski definition) is 2. The first-order valence-corrected chi connectivity index (χ1v) is 3.88. The van der Waals surface area contributed by atoms with Crippen LogP contribution in [0.15, 0.2) is 6.20 Å². The van der Waals surface area contributed by atoms with Crippen LogP contribution in [0.25, 0.3) is 0 Å². The number of pyridine rings is 1. The van der Waals surface area contributed by atoms with E-state index < -0.39 is 29.3 Å². The Kier molecular flexibility index (Phi) is 3.10. The molecule has 15 heavy (non-hydrogen) atoms. The van der Waals surface area contributed by atoms with Crippen molar-refractivity contribution >= 4 is 11.4 Å². The van der Waals surface area contributed by atoms with Crippen LogP contribution in [0.2, 0.25) is 0 Å². The van der Waals surface area contributed by atoms with Crippen molar-refractivity contribution in [3.8, 4) is 0 Å². The number of nitrogen functional groups attached to an aromatic ring is 1. The number of nitro groups is 1. The molecule has 1 aromatic heterocycles. The molecule has 1 aromatic rings. The Bertz CT molecular complexity index is 397. The largest absolute Gasteiger partial charge is 0.392 e. The van der Waals surface area contributed by atoms with Gasteiger partial charge in [-0.1, -0.05) is 0 Å². The molecule has 0 fully saturated rings. The van der Waals surface area contributed by atoms with Crippen LogP contribution >= 0.6 is 0 Å². The van der Waals surface area contributed by atoms with Crippen LogP contribution in [-0.2, 0) is 6.54 Å². The number of nitrogens with two attached hydrogens (primary N) is 2. The fraction of sp³-hybridized carbons (Fsp3) is 0.286. The number of anilines is 1. The predicted molar refractivity (Wildman–Crippen MR) is 48.2 cm³/mol. The Balaban J connectivity index is 3.47. The number of halogens is 2. The summed E-state index contributed by atoms with van der Waals surface area (Å²) in [6.45, 7) is -0.409. The van der Waals surface area contributed by atoms with Crippen molar-refractivity contribution in [2.24, 2.45) is 5.73 Å². The lowest BCUT2D eigenvalue weighted by molar-refractivity contribution is -0.384. The van der Waals surface area contributed by atoms with Crippen molar-refractivity contribution in [2.75, 3.05) is 5.73 Å². The second-order valence-corrected chi connectivity index (χ2v) is 2.69. The average molecular weight is 218 g/mol. The van der Waals surface area contributed by atoms with E-state index in [0.717, 1.165) is 6.20 Å². The highest BCUT2D eigenvalue weighted by Crippen LogP contribution is 2.31. The van der Waals surface area contributed by atoms with Crippen LogP contribution in [-0.4, -0.2) is 9.91 Å². The number of rotatable bonds is 3. The first-order valence-electron chi connectivity index (χ1n) is 3.88. The fourth-order valence-corrected chi connectivity index (χ4v) is 1.18. The van der Waals surface area contributed by atoms with E-state index in [1.165, 1.54) is 0 Å². The molecule has 0 saturated carbocycles. The molecule has 0 atom stereocenters. The van der Waals surface area contributed by atoms with Gasteiger partial charge in [-0.05, 0) is 0 Å². The van der Waals surface area contributed by atoms with E-state index in [1.54, 1.807) is 0 Å². The van der Waals surface area contributed by atoms with Gasteiger partial charge in [-0.15, -0.1) is 0 Å². The van der Waals surface area contributed by atoms with Crippen LogP contribution in [0.5, 0.6) is 0 Å². The first-order chi connectivity index (χ1) is 6.99. The summed E-state index contributed by atoms with van der Waals surface area (Å²) in [5, 5.41) is 10.6. The molecular weight excluding hydrogens is 210 g/mol. The highest BCUT2D eigenvalue weighted by molar-refractivity contribution is 5.62. The van der Waals surface area contributed by atoms with Gasteiger partial charge in [-0.25, -0.2) is 8.78 Å². The molecule has 0 aromatic carbocycles. The van der Waals surface area contributed by atoms with Crippen molar-refractivity contribution in [3.63, 3.8) is 0 Å². The minimum Gasteiger partial charge on any atom is -0.392 e. The molecular formula is C7H8F2N4O2. The molecule has 0 unspecified atom stereocenters. The number of aromatic nitrogens is 1. The highest BCUT2D eigenvalue weighted by atomic mass is 19.3. The molecule has 0 radical (unpaired) electrons. The van der Waals surface area contributed by atoms with E-state index in [2.05, 4.69) is 4.98 Å². The quantitative estimate of drug-likeness (QED) is 0.580. The van der Waals surface area contributed by atoms with Crippen molar-refractivity contribution in [1.29, 1.82) is 0 Å². The Hall–Kier alpha value is -1.83. The number of nitrogens with zero attached hydrogens (tertiary/aromatic N) is 2. The van der Waals surface area contributed by atoms with Gasteiger partial charge in [0.25, 0.3) is 12.1 Å². The third-order valence-corrected chi connectivity index (χ3v) is 1.80. The summed E-state index contributed by atoms with van der Waals surface area (Å²) in [5.41, 5.74) is 8.54. The van der Waals surface area contributed by atoms with Crippen LogP contribution in [0.3, 0.4) is 0 Å². The lowest BCUT2D eigenvalue weighted by atomic mass is 10.1. The summed E-state index contributed by atoms with van der Waals surface area (Å²) < 4.78 is 24.8. The summed E-state index contributed by atoms with van der Waals surface area (Å²) in [4.78, 5) is 13.1. The van der Waals surface area contributed by atoms with Gasteiger partial charge in [0.05, 0.1) is 16.7 Å². The Morgan fingerprint density at radius 3 is 2.60 bits per heavy atom. The molecule has 4 N–H and O–H groups in total. The van der Waals surface area contributed by atoms with Gasteiger partial charge >= 0.3 is 0 Å². The maximum Gasteiger partial charge on any atom is 0.300 e. The smallest absolute Gasteiger partial charge is 0.300 e. The molecule has 1 rings (SSSR count). The highest BCUT2D eigenvalue weighted by Gasteiger charge is 2.25. The van der Waals surface area contributed by atoms with Crippen molar-refractivity contribution < 1.29 is 13.7 Å². The summed E-state index contributed by atoms with van der Waals surface area (Å²) in [6.07, 6.45) is -2.08. The monoisotopic (exact) mass is 218 g/mol. The number of alkyl halides is 2. The second kappa shape index (κ2) is 4.13. The lowest BCUT2D eigenvalue weighted by Gasteiger charge is -2.07. The van der Waals surface area contributed by atoms with Crippen molar-refractivity contribution in [2.45, 2.75) is 13.0 Å². The summed E-state index contributed by atoms with van der Waals surface area (Å²) in [5.74, 6) is 0. The Morgan fingerprint density at radius 2 is 2.20 bits per heavy atom. The topological polar surface area (TPSA) is 108 Å². The minimum atomic E-state index is -2.91. The normalized spacial score (nSPS) is 10.7. The Labute approximate surface area is 83.0 Å². The second-order valence-electron chi connectivity index (χ2n) is 2.69. The van der Waals surface area contributed by atoms with Gasteiger partial charge in [-0.2, -0.15) is 0 Å². The number of hydrogen-bond acceptors (Lipinski definition) is 5. The fourth-order valence-electron chi connectivity index (χ4n) is 1.18. The third kappa shape index (κ3) is 1.99. The zero-order valence-electron chi connectivity index (χ0n) is 7.48. The maximum atomic E-state index is 12.4. The van der Waals surface area contributed by atoms with Crippen LogP contribution < -0.4 is 11.5 Å². The summed E-state index contributed by atoms with van der Waals surface area (Å²) in [6, 6.07) is 0. The summed E-state index contributed by atoms with van der Waals surface area (Å²) in [7, 11) is 0. The molecule has 1 heterocycles. The van der Waals surface area contributed by atoms with E-state index in [0.29, 0.717) is 0 Å². The molecule has 6 nitrogen and oxygen atoms in total. The standard InChI is InChI=1S/C7H8F2N4O2/c8-7(9)5-3(1-10)6(13(14)15)4(11)2-12-5/h2,7H,1,10-11H2. The van der Waals surface area contributed by atoms with E-state index in [1.807, 2.05) is 0 Å². The van der Waals surface area contributed by atoms with Crippen molar-refractivity contribution in [3.05, 3.63) is 27.6 Å². The molecule has 8 heteroatoms. The van der Waals surface area contributed by atoms with Gasteiger partial charge in [0.2, 0.25) is 0 Å². The van der Waals surface area contributed by atoms with Gasteiger partial charge in [0.15, 0.2) is 0 Å². The molecule has 0 bridgehead atoms. The lowest BCUT2D eigenvalue weighted by Crippen LogP contribution is -2.10. The zero-order valence-corrected chi connectivity index (χ0v) is 7.48. The average Bonchev–Trinajstić information content (AvgIpc) is 2.15. The van der Waals surface area contributed by atoms with Crippen LogP contribution in [0.4, 0.5) is 20.2 Å². The third-order valence-electron chi connectivity index (χ3n) is 1.80. The van der Waals surface area contributed by atoms with Crippen LogP contribution in [0.1, 0.15) is 17.7 Å². The van der Waals surface area contributed by atoms with E-state index in [9.17, 15) is 18.9 Å². The zero-order chi connectivity index (χ0) is 11.6. The molecule has 82 valence electrons. The maximum absolute atomic E-state index is 12.4. The van der Waals surface area contributed by atoms with Crippen molar-refractivity contribution in [1.82, 2.24) is 4.98 Å². The molecule has 0 aliphatic rings. The van der Waals surface area contributed by atoms with Gasteiger partial charge in [0, 0.05) is 6.54 Å². The molecule has 0 spiro atoms. The van der Waals surface area contributed by atoms with Gasteiger partial charge < -0.3 is 11.5 Å². The minimum absolute atomic E-state index is 0.273. The molecule has 0 amide bonds. The molecule has 0 saturated heterocycles. The van der Waals surface area contributed by atoms with Crippen LogP contribution in [0, 0.1) is 10.1 Å². The Morgan fingerprint density at radius 1 is 1.60 bits per heavy atom. The predicted octanol–water partition coefficient (Wildman–Crippen LogP) is 0.968. The molecule has 0 aliphatic carbocycles. The van der Waals surface area contributed by atoms with Gasteiger partial charge in [0.1, 0.15) is 11.4 Å². The first kappa shape index (κ1) is 11.2. The van der Waals surface area contributed by atoms with E-state index >= 15 is 0 Å². The van der Waals surface area contributed by atoms with E-state index in [-0.39, 0.29) is 11.3 Å².